The molecule has 2 atom stereocenters. The molecule has 3 heteroatoms. The van der Waals surface area contributed by atoms with Crippen molar-refractivity contribution in [1.82, 2.24) is 5.32 Å². The Morgan fingerprint density at radius 2 is 2.00 bits per heavy atom. The highest BCUT2D eigenvalue weighted by atomic mass is 32.2. The van der Waals surface area contributed by atoms with Crippen LogP contribution in [0, 0.1) is 0 Å². The van der Waals surface area contributed by atoms with Crippen LogP contribution in [0.1, 0.15) is 44.4 Å². The monoisotopic (exact) mass is 263 g/mol. The summed E-state index contributed by atoms with van der Waals surface area (Å²) in [5.41, 5.74) is 1.37. The lowest BCUT2D eigenvalue weighted by Crippen LogP contribution is -2.42. The Morgan fingerprint density at radius 3 is 2.61 bits per heavy atom. The summed E-state index contributed by atoms with van der Waals surface area (Å²) in [6, 6.07) is 10.9. The highest BCUT2D eigenvalue weighted by Crippen LogP contribution is 2.48. The van der Waals surface area contributed by atoms with E-state index in [4.69, 9.17) is 0 Å². The van der Waals surface area contributed by atoms with Crippen LogP contribution in [0.25, 0.3) is 0 Å². The van der Waals surface area contributed by atoms with Crippen LogP contribution >= 0.6 is 11.8 Å². The van der Waals surface area contributed by atoms with Crippen molar-refractivity contribution in [2.45, 2.75) is 49.7 Å². The molecule has 1 aromatic carbocycles. The minimum atomic E-state index is 0.0783. The molecule has 2 nitrogen and oxygen atoms in total. The maximum atomic E-state index is 11.2. The first-order valence-corrected chi connectivity index (χ1v) is 7.34. The topological polar surface area (TPSA) is 29.1 Å². The smallest absolute Gasteiger partial charge is 0.217 e. The number of benzene rings is 1. The molecular formula is C15H21NOS. The summed E-state index contributed by atoms with van der Waals surface area (Å²) < 4.78 is 0.214. The summed E-state index contributed by atoms with van der Waals surface area (Å²) >= 11 is 2.02. The van der Waals surface area contributed by atoms with E-state index in [1.165, 1.54) is 5.56 Å². The average molecular weight is 263 g/mol. The first kappa shape index (κ1) is 13.5. The lowest BCUT2D eigenvalue weighted by molar-refractivity contribution is -0.119. The van der Waals surface area contributed by atoms with Crippen LogP contribution in [0.4, 0.5) is 0 Å². The molecule has 1 aromatic rings. The molecule has 0 aliphatic carbocycles. The van der Waals surface area contributed by atoms with E-state index in [1.54, 1.807) is 6.92 Å². The van der Waals surface area contributed by atoms with E-state index in [9.17, 15) is 4.79 Å². The molecule has 0 aromatic heterocycles. The van der Waals surface area contributed by atoms with Crippen LogP contribution in [0.5, 0.6) is 0 Å². The van der Waals surface area contributed by atoms with Gasteiger partial charge in [-0.25, -0.2) is 0 Å². The van der Waals surface area contributed by atoms with Crippen molar-refractivity contribution in [2.24, 2.45) is 0 Å². The highest BCUT2D eigenvalue weighted by molar-refractivity contribution is 8.00. The van der Waals surface area contributed by atoms with Gasteiger partial charge in [0.25, 0.3) is 0 Å². The number of amides is 1. The van der Waals surface area contributed by atoms with Gasteiger partial charge in [0.05, 0.1) is 0 Å². The molecular weight excluding hydrogens is 242 g/mol. The second kappa shape index (κ2) is 5.35. The zero-order valence-electron chi connectivity index (χ0n) is 11.3. The third-order valence-electron chi connectivity index (χ3n) is 3.28. The second-order valence-electron chi connectivity index (χ2n) is 5.61. The van der Waals surface area contributed by atoms with Gasteiger partial charge in [-0.1, -0.05) is 44.2 Å². The molecule has 0 saturated carbocycles. The van der Waals surface area contributed by atoms with Crippen molar-refractivity contribution >= 4 is 17.7 Å². The van der Waals surface area contributed by atoms with Crippen LogP contribution in [0.15, 0.2) is 30.3 Å². The Balaban J connectivity index is 2.14. The number of thioether (sulfide) groups is 1. The summed E-state index contributed by atoms with van der Waals surface area (Å²) in [5, 5.41) is 3.56. The number of hydrogen-bond acceptors (Lipinski definition) is 2. The van der Waals surface area contributed by atoms with Gasteiger partial charge >= 0.3 is 0 Å². The Labute approximate surface area is 114 Å². The van der Waals surface area contributed by atoms with Crippen molar-refractivity contribution in [3.05, 3.63) is 35.9 Å². The van der Waals surface area contributed by atoms with Gasteiger partial charge in [0.1, 0.15) is 0 Å². The maximum absolute atomic E-state index is 11.2. The maximum Gasteiger partial charge on any atom is 0.217 e. The molecule has 1 aliphatic heterocycles. The average Bonchev–Trinajstić information content (AvgIpc) is 2.27. The zero-order valence-corrected chi connectivity index (χ0v) is 12.1. The summed E-state index contributed by atoms with van der Waals surface area (Å²) in [6.45, 7) is 6.13. The Bertz CT molecular complexity index is 416. The molecule has 1 saturated heterocycles. The third-order valence-corrected chi connectivity index (χ3v) is 4.83. The molecule has 18 heavy (non-hydrogen) atoms. The van der Waals surface area contributed by atoms with Crippen molar-refractivity contribution < 1.29 is 4.79 Å². The van der Waals surface area contributed by atoms with E-state index in [0.29, 0.717) is 11.3 Å². The molecule has 1 heterocycles. The molecule has 1 N–H and O–H groups in total. The first-order chi connectivity index (χ1) is 8.46. The van der Waals surface area contributed by atoms with Gasteiger partial charge in [0.15, 0.2) is 0 Å². The second-order valence-corrected chi connectivity index (χ2v) is 7.52. The Kier molecular flexibility index (Phi) is 4.00. The third kappa shape index (κ3) is 3.52. The predicted octanol–water partition coefficient (Wildman–Crippen LogP) is 3.54. The van der Waals surface area contributed by atoms with Crippen LogP contribution in [-0.2, 0) is 4.79 Å². The van der Waals surface area contributed by atoms with Crippen LogP contribution in [-0.4, -0.2) is 16.7 Å². The minimum Gasteiger partial charge on any atom is -0.354 e. The van der Waals surface area contributed by atoms with Gasteiger partial charge in [-0.05, 0) is 18.4 Å². The number of nitrogens with one attached hydrogen (secondary N) is 1. The number of carbonyl (C=O) groups is 1. The number of rotatable bonds is 2. The molecule has 98 valence electrons. The first-order valence-electron chi connectivity index (χ1n) is 6.46. The van der Waals surface area contributed by atoms with Crippen molar-refractivity contribution in [1.29, 1.82) is 0 Å². The fourth-order valence-corrected chi connectivity index (χ4v) is 4.38. The quantitative estimate of drug-likeness (QED) is 0.884. The van der Waals surface area contributed by atoms with Crippen molar-refractivity contribution in [3.63, 3.8) is 0 Å². The van der Waals surface area contributed by atoms with E-state index in [-0.39, 0.29) is 10.7 Å². The standard InChI is InChI=1S/C15H21NOS/c1-11(17)16-13-9-14(18-15(2,3)10-13)12-7-5-4-6-8-12/h4-8,13-14H,9-10H2,1-3H3,(H,16,17)/t13-,14+/m0/s1. The lowest BCUT2D eigenvalue weighted by Gasteiger charge is -2.40. The van der Waals surface area contributed by atoms with E-state index in [1.807, 2.05) is 17.8 Å². The predicted molar refractivity (Wildman–Crippen MR) is 77.7 cm³/mol. The molecule has 2 rings (SSSR count). The summed E-state index contributed by atoms with van der Waals surface area (Å²) in [7, 11) is 0. The van der Waals surface area contributed by atoms with E-state index in [0.717, 1.165) is 12.8 Å². The number of hydrogen-bond donors (Lipinski definition) is 1. The fraction of sp³-hybridized carbons (Fsp3) is 0.533. The van der Waals surface area contributed by atoms with Crippen LogP contribution < -0.4 is 5.32 Å². The van der Waals surface area contributed by atoms with E-state index in [2.05, 4.69) is 43.4 Å². The van der Waals surface area contributed by atoms with Crippen molar-refractivity contribution in [2.75, 3.05) is 0 Å². The van der Waals surface area contributed by atoms with Gasteiger partial charge < -0.3 is 5.32 Å². The fourth-order valence-electron chi connectivity index (χ4n) is 2.69. The largest absolute Gasteiger partial charge is 0.354 e. The van der Waals surface area contributed by atoms with Gasteiger partial charge in [-0.15, -0.1) is 11.8 Å². The number of carbonyl (C=O) groups excluding carboxylic acids is 1. The van der Waals surface area contributed by atoms with Crippen LogP contribution in [0.3, 0.4) is 0 Å². The van der Waals surface area contributed by atoms with Gasteiger partial charge in [0, 0.05) is 23.0 Å². The molecule has 0 radical (unpaired) electrons. The molecule has 1 fully saturated rings. The zero-order chi connectivity index (χ0) is 13.2. The van der Waals surface area contributed by atoms with Gasteiger partial charge in [-0.2, -0.15) is 0 Å². The Hall–Kier alpha value is -0.960. The SMILES string of the molecule is CC(=O)N[C@H]1C[C@H](c2ccccc2)SC(C)(C)C1. The molecule has 1 amide bonds. The van der Waals surface area contributed by atoms with E-state index < -0.39 is 0 Å². The van der Waals surface area contributed by atoms with E-state index >= 15 is 0 Å². The molecule has 0 spiro atoms. The lowest BCUT2D eigenvalue weighted by atomic mass is 9.95. The molecule has 0 unspecified atom stereocenters. The van der Waals surface area contributed by atoms with Gasteiger partial charge in [-0.3, -0.25) is 4.79 Å². The summed E-state index contributed by atoms with van der Waals surface area (Å²) in [4.78, 5) is 11.2. The molecule has 0 bridgehead atoms. The summed E-state index contributed by atoms with van der Waals surface area (Å²) in [6.07, 6.45) is 2.07. The Morgan fingerprint density at radius 1 is 1.33 bits per heavy atom. The molecule has 1 aliphatic rings. The van der Waals surface area contributed by atoms with Crippen LogP contribution in [0.2, 0.25) is 0 Å². The van der Waals surface area contributed by atoms with Crippen molar-refractivity contribution in [3.8, 4) is 0 Å². The normalized spacial score (nSPS) is 26.6. The minimum absolute atomic E-state index is 0.0783. The highest BCUT2D eigenvalue weighted by Gasteiger charge is 2.35. The summed E-state index contributed by atoms with van der Waals surface area (Å²) in [5.74, 6) is 0.0783. The van der Waals surface area contributed by atoms with Gasteiger partial charge in [0.2, 0.25) is 5.91 Å².